The number of carbonyl (C=O) groups is 2. The molecule has 1 amide bonds. The fourth-order valence-electron chi connectivity index (χ4n) is 3.98. The molecule has 0 aliphatic carbocycles. The summed E-state index contributed by atoms with van der Waals surface area (Å²) in [6.45, 7) is 1.94. The Balaban J connectivity index is 1.38. The first-order valence-corrected chi connectivity index (χ1v) is 11.6. The van der Waals surface area contributed by atoms with Crippen LogP contribution in [0.1, 0.15) is 32.0 Å². The van der Waals surface area contributed by atoms with E-state index in [1.807, 2.05) is 49.4 Å². The molecule has 0 aliphatic rings. The molecule has 37 heavy (non-hydrogen) atoms. The van der Waals surface area contributed by atoms with Crippen LogP contribution < -0.4 is 10.2 Å². The smallest absolute Gasteiger partial charge is 0.343 e. The van der Waals surface area contributed by atoms with E-state index >= 15 is 0 Å². The van der Waals surface area contributed by atoms with E-state index in [9.17, 15) is 14.0 Å². The molecule has 1 aromatic heterocycles. The average Bonchev–Trinajstić information content (AvgIpc) is 3.29. The van der Waals surface area contributed by atoms with Gasteiger partial charge in [0.25, 0.3) is 5.91 Å². The first-order chi connectivity index (χ1) is 18.0. The van der Waals surface area contributed by atoms with Crippen LogP contribution in [0.15, 0.2) is 102 Å². The van der Waals surface area contributed by atoms with Crippen molar-refractivity contribution in [2.75, 3.05) is 0 Å². The molecule has 2 N–H and O–H groups in total. The third kappa shape index (κ3) is 5.16. The van der Waals surface area contributed by atoms with E-state index in [2.05, 4.69) is 15.5 Å². The van der Waals surface area contributed by atoms with Gasteiger partial charge in [-0.15, -0.1) is 0 Å². The van der Waals surface area contributed by atoms with Crippen molar-refractivity contribution < 1.29 is 18.7 Å². The van der Waals surface area contributed by atoms with Crippen LogP contribution in [0.3, 0.4) is 0 Å². The second-order valence-corrected chi connectivity index (χ2v) is 8.42. The van der Waals surface area contributed by atoms with Crippen LogP contribution in [0, 0.1) is 12.7 Å². The number of fused-ring (bicyclic) bond motifs is 1. The normalized spacial score (nSPS) is 11.1. The van der Waals surface area contributed by atoms with E-state index in [0.29, 0.717) is 33.3 Å². The highest BCUT2D eigenvalue weighted by Gasteiger charge is 2.19. The fourth-order valence-corrected chi connectivity index (χ4v) is 3.98. The van der Waals surface area contributed by atoms with E-state index in [4.69, 9.17) is 4.74 Å². The van der Waals surface area contributed by atoms with Crippen molar-refractivity contribution in [1.29, 1.82) is 0 Å². The molecular weight excluding hydrogens is 469 g/mol. The average molecular weight is 492 g/mol. The number of aryl methyl sites for hydroxylation is 1. The summed E-state index contributed by atoms with van der Waals surface area (Å²) < 4.78 is 19.6. The van der Waals surface area contributed by atoms with Gasteiger partial charge in [-0.3, -0.25) is 4.79 Å². The zero-order valence-corrected chi connectivity index (χ0v) is 19.9. The molecule has 0 radical (unpaired) electrons. The van der Waals surface area contributed by atoms with E-state index in [0.717, 1.165) is 11.1 Å². The number of nitrogens with one attached hydrogen (secondary N) is 2. The molecule has 4 aromatic carbocycles. The van der Waals surface area contributed by atoms with E-state index in [1.54, 1.807) is 42.5 Å². The minimum absolute atomic E-state index is 0.253. The molecule has 0 bridgehead atoms. The number of nitrogens with zero attached hydrogens (tertiary/aromatic N) is 1. The summed E-state index contributed by atoms with van der Waals surface area (Å²) in [5, 5.41) is 4.67. The summed E-state index contributed by atoms with van der Waals surface area (Å²) in [5.41, 5.74) is 6.71. The Labute approximate surface area is 212 Å². The van der Waals surface area contributed by atoms with Crippen LogP contribution in [0.2, 0.25) is 0 Å². The van der Waals surface area contributed by atoms with Crippen LogP contribution in [0.25, 0.3) is 22.0 Å². The van der Waals surface area contributed by atoms with Gasteiger partial charge in [0, 0.05) is 22.0 Å². The maximum atomic E-state index is 14.0. The number of halogens is 1. The van der Waals surface area contributed by atoms with E-state index in [1.165, 1.54) is 18.3 Å². The van der Waals surface area contributed by atoms with E-state index < -0.39 is 17.7 Å². The number of para-hydroxylation sites is 1. The van der Waals surface area contributed by atoms with Crippen LogP contribution in [0.5, 0.6) is 5.75 Å². The van der Waals surface area contributed by atoms with Gasteiger partial charge < -0.3 is 9.72 Å². The zero-order chi connectivity index (χ0) is 25.8. The second kappa shape index (κ2) is 10.3. The fraction of sp³-hybridized carbons (Fsp3) is 0.0333. The molecule has 0 aliphatic heterocycles. The lowest BCUT2D eigenvalue weighted by atomic mass is 10.0. The predicted octanol–water partition coefficient (Wildman–Crippen LogP) is 6.27. The molecular formula is C30H22FN3O3. The Kier molecular flexibility index (Phi) is 6.59. The van der Waals surface area contributed by atoms with Crippen molar-refractivity contribution in [1.82, 2.24) is 10.4 Å². The molecule has 5 aromatic rings. The van der Waals surface area contributed by atoms with Gasteiger partial charge in [-0.25, -0.2) is 14.6 Å². The maximum Gasteiger partial charge on any atom is 0.343 e. The number of hydrazone groups is 1. The lowest BCUT2D eigenvalue weighted by molar-refractivity contribution is 0.0734. The van der Waals surface area contributed by atoms with Crippen molar-refractivity contribution in [3.05, 3.63) is 125 Å². The second-order valence-electron chi connectivity index (χ2n) is 8.42. The third-order valence-corrected chi connectivity index (χ3v) is 5.83. The van der Waals surface area contributed by atoms with Crippen molar-refractivity contribution in [2.24, 2.45) is 5.10 Å². The van der Waals surface area contributed by atoms with Gasteiger partial charge in [-0.1, -0.05) is 60.2 Å². The SMILES string of the molecule is Cc1ccc(C(=O)Oc2ccccc2C=NNC(=O)c2[nH]c3ccc(F)cc3c2-c2ccccc2)cc1. The van der Waals surface area contributed by atoms with Gasteiger partial charge in [0.2, 0.25) is 0 Å². The summed E-state index contributed by atoms with van der Waals surface area (Å²) in [7, 11) is 0. The number of hydrogen-bond acceptors (Lipinski definition) is 4. The highest BCUT2D eigenvalue weighted by atomic mass is 19.1. The molecule has 0 fully saturated rings. The number of aromatic nitrogens is 1. The molecule has 182 valence electrons. The maximum absolute atomic E-state index is 14.0. The number of rotatable bonds is 6. The number of esters is 1. The van der Waals surface area contributed by atoms with Gasteiger partial charge in [0.15, 0.2) is 0 Å². The van der Waals surface area contributed by atoms with Gasteiger partial charge in [-0.2, -0.15) is 5.10 Å². The van der Waals surface area contributed by atoms with Crippen molar-refractivity contribution in [2.45, 2.75) is 6.92 Å². The Morgan fingerprint density at radius 2 is 1.65 bits per heavy atom. The molecule has 7 heteroatoms. The number of H-pyrrole nitrogens is 1. The topological polar surface area (TPSA) is 83.5 Å². The van der Waals surface area contributed by atoms with E-state index in [-0.39, 0.29) is 5.69 Å². The predicted molar refractivity (Wildman–Crippen MR) is 141 cm³/mol. The molecule has 0 saturated heterocycles. The molecule has 5 rings (SSSR count). The standard InChI is InChI=1S/C30H22FN3O3/c1-19-11-13-21(14-12-19)30(36)37-26-10-6-5-9-22(26)18-32-34-29(35)28-27(20-7-3-2-4-8-20)24-17-23(31)15-16-25(24)33-28/h2-18,33H,1H3,(H,34,35). The quantitative estimate of drug-likeness (QED) is 0.127. The minimum Gasteiger partial charge on any atom is -0.422 e. The van der Waals surface area contributed by atoms with Gasteiger partial charge in [0.05, 0.1) is 11.8 Å². The lowest BCUT2D eigenvalue weighted by Gasteiger charge is -2.08. The number of amides is 1. The van der Waals surface area contributed by atoms with Gasteiger partial charge in [0.1, 0.15) is 17.3 Å². The number of ether oxygens (including phenoxy) is 1. The van der Waals surface area contributed by atoms with Crippen LogP contribution in [-0.4, -0.2) is 23.1 Å². The third-order valence-electron chi connectivity index (χ3n) is 5.83. The monoisotopic (exact) mass is 491 g/mol. The number of benzene rings is 4. The van der Waals surface area contributed by atoms with Crippen molar-refractivity contribution in [3.63, 3.8) is 0 Å². The molecule has 1 heterocycles. The van der Waals surface area contributed by atoms with Gasteiger partial charge in [-0.05, 0) is 55.0 Å². The summed E-state index contributed by atoms with van der Waals surface area (Å²) >= 11 is 0. The molecule has 0 atom stereocenters. The molecule has 0 saturated carbocycles. The van der Waals surface area contributed by atoms with Crippen molar-refractivity contribution >= 4 is 29.0 Å². The summed E-state index contributed by atoms with van der Waals surface area (Å²) in [6, 6.07) is 27.5. The molecule has 6 nitrogen and oxygen atoms in total. The minimum atomic E-state index is -0.499. The van der Waals surface area contributed by atoms with Gasteiger partial charge >= 0.3 is 5.97 Å². The van der Waals surface area contributed by atoms with Crippen LogP contribution in [0.4, 0.5) is 4.39 Å². The summed E-state index contributed by atoms with van der Waals surface area (Å²) in [4.78, 5) is 28.8. The summed E-state index contributed by atoms with van der Waals surface area (Å²) in [6.07, 6.45) is 1.40. The Bertz CT molecular complexity index is 1620. The Hall–Kier alpha value is -5.04. The molecule has 0 spiro atoms. The summed E-state index contributed by atoms with van der Waals surface area (Å²) in [5.74, 6) is -1.09. The first kappa shape index (κ1) is 23.7. The largest absolute Gasteiger partial charge is 0.422 e. The van der Waals surface area contributed by atoms with Crippen LogP contribution >= 0.6 is 0 Å². The highest BCUT2D eigenvalue weighted by molar-refractivity contribution is 6.09. The zero-order valence-electron chi connectivity index (χ0n) is 19.9. The first-order valence-electron chi connectivity index (χ1n) is 11.6. The Morgan fingerprint density at radius 3 is 2.43 bits per heavy atom. The number of hydrogen-bond donors (Lipinski definition) is 2. The Morgan fingerprint density at radius 1 is 0.919 bits per heavy atom. The van der Waals surface area contributed by atoms with Crippen LogP contribution in [-0.2, 0) is 0 Å². The number of carbonyl (C=O) groups excluding carboxylic acids is 2. The van der Waals surface area contributed by atoms with Crippen molar-refractivity contribution in [3.8, 4) is 16.9 Å². The highest BCUT2D eigenvalue weighted by Crippen LogP contribution is 2.33. The lowest BCUT2D eigenvalue weighted by Crippen LogP contribution is -2.19. The molecule has 0 unspecified atom stereocenters. The number of aromatic amines is 1.